The molecule has 4 nitrogen and oxygen atoms in total. The zero-order valence-electron chi connectivity index (χ0n) is 9.98. The van der Waals surface area contributed by atoms with E-state index in [-0.39, 0.29) is 0 Å². The Hall–Kier alpha value is -1.20. The van der Waals surface area contributed by atoms with Crippen molar-refractivity contribution in [3.63, 3.8) is 0 Å². The number of thiophene rings is 1. The number of rotatable bonds is 7. The quantitative estimate of drug-likeness (QED) is 0.818. The lowest BCUT2D eigenvalue weighted by Gasteiger charge is -1.95. The molecule has 0 saturated heterocycles. The van der Waals surface area contributed by atoms with Crippen LogP contribution in [0.3, 0.4) is 0 Å². The molecule has 0 spiro atoms. The van der Waals surface area contributed by atoms with E-state index in [1.54, 1.807) is 11.3 Å². The van der Waals surface area contributed by atoms with Crippen molar-refractivity contribution >= 4 is 11.3 Å². The van der Waals surface area contributed by atoms with E-state index in [1.165, 1.54) is 4.88 Å². The molecule has 0 aromatic carbocycles. The summed E-state index contributed by atoms with van der Waals surface area (Å²) >= 11 is 1.80. The molecule has 0 aliphatic heterocycles. The molecule has 17 heavy (non-hydrogen) atoms. The van der Waals surface area contributed by atoms with Gasteiger partial charge in [-0.3, -0.25) is 0 Å². The first-order valence-electron chi connectivity index (χ1n) is 5.86. The summed E-state index contributed by atoms with van der Waals surface area (Å²) in [6, 6.07) is 4.25. The summed E-state index contributed by atoms with van der Waals surface area (Å²) in [6.45, 7) is 0.872. The van der Waals surface area contributed by atoms with E-state index in [9.17, 15) is 0 Å². The van der Waals surface area contributed by atoms with Gasteiger partial charge in [0.2, 0.25) is 11.8 Å². The highest BCUT2D eigenvalue weighted by Gasteiger charge is 2.05. The van der Waals surface area contributed by atoms with Crippen molar-refractivity contribution in [2.75, 3.05) is 13.6 Å². The van der Waals surface area contributed by atoms with E-state index in [1.807, 2.05) is 7.05 Å². The summed E-state index contributed by atoms with van der Waals surface area (Å²) in [5.41, 5.74) is 0. The Balaban J connectivity index is 1.73. The molecule has 0 fully saturated rings. The highest BCUT2D eigenvalue weighted by molar-refractivity contribution is 7.09. The lowest BCUT2D eigenvalue weighted by molar-refractivity contribution is 0.442. The molecule has 0 unspecified atom stereocenters. The minimum Gasteiger partial charge on any atom is -0.425 e. The highest BCUT2D eigenvalue weighted by atomic mass is 32.1. The van der Waals surface area contributed by atoms with Crippen LogP contribution in [0, 0.1) is 0 Å². The van der Waals surface area contributed by atoms with Crippen molar-refractivity contribution in [1.82, 2.24) is 15.5 Å². The van der Waals surface area contributed by atoms with Crippen LogP contribution in [-0.4, -0.2) is 23.8 Å². The normalized spacial score (nSPS) is 10.9. The van der Waals surface area contributed by atoms with Gasteiger partial charge in [-0.15, -0.1) is 21.5 Å². The first-order valence-corrected chi connectivity index (χ1v) is 6.74. The van der Waals surface area contributed by atoms with Gasteiger partial charge in [-0.25, -0.2) is 0 Å². The van der Waals surface area contributed by atoms with Gasteiger partial charge in [0.1, 0.15) is 0 Å². The third-order valence-corrected chi connectivity index (χ3v) is 3.43. The molecule has 0 radical (unpaired) electrons. The first-order chi connectivity index (χ1) is 8.38. The van der Waals surface area contributed by atoms with Crippen LogP contribution in [0.15, 0.2) is 21.9 Å². The molecule has 2 heterocycles. The van der Waals surface area contributed by atoms with Gasteiger partial charge in [-0.05, 0) is 31.3 Å². The minimum absolute atomic E-state index is 0.727. The number of hydrogen-bond donors (Lipinski definition) is 1. The van der Waals surface area contributed by atoms with Gasteiger partial charge < -0.3 is 9.73 Å². The molecule has 0 amide bonds. The van der Waals surface area contributed by atoms with Gasteiger partial charge in [0.15, 0.2) is 0 Å². The number of aromatic nitrogens is 2. The van der Waals surface area contributed by atoms with Crippen LogP contribution in [0.5, 0.6) is 0 Å². The maximum atomic E-state index is 5.55. The molecule has 2 rings (SSSR count). The second-order valence-corrected chi connectivity index (χ2v) is 4.91. The third kappa shape index (κ3) is 3.94. The Morgan fingerprint density at radius 3 is 2.76 bits per heavy atom. The zero-order chi connectivity index (χ0) is 11.9. The summed E-state index contributed by atoms with van der Waals surface area (Å²) in [5, 5.41) is 13.2. The molecular formula is C12H17N3OS. The lowest BCUT2D eigenvalue weighted by Crippen LogP contribution is -2.10. The van der Waals surface area contributed by atoms with E-state index in [0.717, 1.165) is 44.0 Å². The largest absolute Gasteiger partial charge is 0.425 e. The molecule has 0 aliphatic carbocycles. The fourth-order valence-electron chi connectivity index (χ4n) is 1.59. The number of aryl methyl sites for hydroxylation is 2. The van der Waals surface area contributed by atoms with Crippen molar-refractivity contribution in [3.8, 4) is 0 Å². The number of nitrogens with one attached hydrogen (secondary N) is 1. The number of likely N-dealkylation sites (N-methyl/N-ethyl adjacent to an activating group) is 1. The predicted octanol–water partition coefficient (Wildman–Crippen LogP) is 2.07. The Morgan fingerprint density at radius 1 is 1.24 bits per heavy atom. The Bertz CT molecular complexity index is 425. The Labute approximate surface area is 105 Å². The monoisotopic (exact) mass is 251 g/mol. The first kappa shape index (κ1) is 12.3. The van der Waals surface area contributed by atoms with Crippen LogP contribution in [0.4, 0.5) is 0 Å². The molecule has 92 valence electrons. The summed E-state index contributed by atoms with van der Waals surface area (Å²) in [7, 11) is 1.91. The minimum atomic E-state index is 0.727. The summed E-state index contributed by atoms with van der Waals surface area (Å²) in [6.07, 6.45) is 3.82. The molecule has 1 N–H and O–H groups in total. The Kier molecular flexibility index (Phi) is 4.70. The van der Waals surface area contributed by atoms with E-state index in [0.29, 0.717) is 0 Å². The average molecular weight is 251 g/mol. The van der Waals surface area contributed by atoms with E-state index in [4.69, 9.17) is 4.42 Å². The average Bonchev–Trinajstić information content (AvgIpc) is 2.98. The van der Waals surface area contributed by atoms with Crippen LogP contribution in [0.25, 0.3) is 0 Å². The standard InChI is InChI=1S/C12H17N3OS/c1-13-8-7-12-15-14-11(16-12)6-2-4-10-5-3-9-17-10/h3,5,9,13H,2,4,6-8H2,1H3. The van der Waals surface area contributed by atoms with Crippen molar-refractivity contribution in [2.24, 2.45) is 0 Å². The summed E-state index contributed by atoms with van der Waals surface area (Å²) in [5.74, 6) is 1.48. The van der Waals surface area contributed by atoms with Crippen LogP contribution in [0.2, 0.25) is 0 Å². The molecular weight excluding hydrogens is 234 g/mol. The predicted molar refractivity (Wildman–Crippen MR) is 68.3 cm³/mol. The highest BCUT2D eigenvalue weighted by Crippen LogP contribution is 2.12. The smallest absolute Gasteiger partial charge is 0.217 e. The lowest BCUT2D eigenvalue weighted by atomic mass is 10.2. The summed E-state index contributed by atoms with van der Waals surface area (Å²) < 4.78 is 5.55. The van der Waals surface area contributed by atoms with Gasteiger partial charge in [0.05, 0.1) is 0 Å². The molecule has 0 bridgehead atoms. The van der Waals surface area contributed by atoms with Gasteiger partial charge in [-0.2, -0.15) is 0 Å². The SMILES string of the molecule is CNCCc1nnc(CCCc2cccs2)o1. The second-order valence-electron chi connectivity index (χ2n) is 3.88. The second kappa shape index (κ2) is 6.51. The van der Waals surface area contributed by atoms with Gasteiger partial charge in [-0.1, -0.05) is 6.07 Å². The van der Waals surface area contributed by atoms with Crippen molar-refractivity contribution in [2.45, 2.75) is 25.7 Å². The number of nitrogens with zero attached hydrogens (tertiary/aromatic N) is 2. The van der Waals surface area contributed by atoms with Crippen molar-refractivity contribution < 1.29 is 4.42 Å². The van der Waals surface area contributed by atoms with Crippen LogP contribution < -0.4 is 5.32 Å². The van der Waals surface area contributed by atoms with E-state index < -0.39 is 0 Å². The van der Waals surface area contributed by atoms with Gasteiger partial charge in [0.25, 0.3) is 0 Å². The van der Waals surface area contributed by atoms with Gasteiger partial charge >= 0.3 is 0 Å². The fraction of sp³-hybridized carbons (Fsp3) is 0.500. The van der Waals surface area contributed by atoms with Crippen LogP contribution >= 0.6 is 11.3 Å². The maximum absolute atomic E-state index is 5.55. The number of hydrogen-bond acceptors (Lipinski definition) is 5. The topological polar surface area (TPSA) is 51.0 Å². The van der Waals surface area contributed by atoms with E-state index >= 15 is 0 Å². The van der Waals surface area contributed by atoms with Crippen molar-refractivity contribution in [1.29, 1.82) is 0 Å². The molecule has 0 saturated carbocycles. The van der Waals surface area contributed by atoms with Crippen molar-refractivity contribution in [3.05, 3.63) is 34.2 Å². The fourth-order valence-corrected chi connectivity index (χ4v) is 2.34. The maximum Gasteiger partial charge on any atom is 0.217 e. The molecule has 0 atom stereocenters. The van der Waals surface area contributed by atoms with Crippen LogP contribution in [-0.2, 0) is 19.3 Å². The molecule has 2 aromatic rings. The zero-order valence-corrected chi connectivity index (χ0v) is 10.8. The summed E-state index contributed by atoms with van der Waals surface area (Å²) in [4.78, 5) is 1.42. The third-order valence-electron chi connectivity index (χ3n) is 2.49. The molecule has 0 aliphatic rings. The Morgan fingerprint density at radius 2 is 2.06 bits per heavy atom. The van der Waals surface area contributed by atoms with Gasteiger partial charge in [0, 0.05) is 24.3 Å². The van der Waals surface area contributed by atoms with E-state index in [2.05, 4.69) is 33.0 Å². The van der Waals surface area contributed by atoms with Crippen LogP contribution in [0.1, 0.15) is 23.1 Å². The molecule has 5 heteroatoms. The molecule has 2 aromatic heterocycles.